The zero-order valence-electron chi connectivity index (χ0n) is 14.1. The summed E-state index contributed by atoms with van der Waals surface area (Å²) in [5.74, 6) is -0.0773. The minimum atomic E-state index is -0.0773. The predicted molar refractivity (Wildman–Crippen MR) is 97.3 cm³/mol. The number of imidazole rings is 1. The van der Waals surface area contributed by atoms with Crippen LogP contribution in [0.2, 0.25) is 0 Å². The number of carbonyl (C=O) groups excluding carboxylic acids is 1. The van der Waals surface area contributed by atoms with Gasteiger partial charge in [0.15, 0.2) is 5.58 Å². The number of para-hydroxylation sites is 1. The normalized spacial score (nSPS) is 10.9. The predicted octanol–water partition coefficient (Wildman–Crippen LogP) is 2.93. The summed E-state index contributed by atoms with van der Waals surface area (Å²) in [6, 6.07) is 15.7. The minimum Gasteiger partial charge on any atom is -0.356 e. The average Bonchev–Trinajstić information content (AvgIpc) is 3.32. The van der Waals surface area contributed by atoms with E-state index in [-0.39, 0.29) is 12.3 Å². The second-order valence-corrected chi connectivity index (χ2v) is 6.13. The van der Waals surface area contributed by atoms with Crippen LogP contribution in [0.3, 0.4) is 0 Å². The summed E-state index contributed by atoms with van der Waals surface area (Å²) < 4.78 is 7.25. The highest BCUT2D eigenvalue weighted by atomic mass is 16.5. The second kappa shape index (κ2) is 7.23. The molecule has 0 spiro atoms. The van der Waals surface area contributed by atoms with Crippen molar-refractivity contribution in [3.05, 3.63) is 84.1 Å². The van der Waals surface area contributed by atoms with E-state index < -0.39 is 0 Å². The molecule has 1 N–H and O–H groups in total. The van der Waals surface area contributed by atoms with Gasteiger partial charge in [0.1, 0.15) is 5.69 Å². The van der Waals surface area contributed by atoms with Crippen LogP contribution in [-0.2, 0) is 24.3 Å². The lowest BCUT2D eigenvalue weighted by molar-refractivity contribution is -0.120. The first-order valence-electron chi connectivity index (χ1n) is 8.41. The molecule has 2 aromatic heterocycles. The first-order chi connectivity index (χ1) is 12.8. The van der Waals surface area contributed by atoms with Crippen molar-refractivity contribution in [3.8, 4) is 0 Å². The fraction of sp³-hybridized carbons (Fsp3) is 0.150. The number of rotatable bonds is 6. The lowest BCUT2D eigenvalue weighted by Crippen LogP contribution is -2.24. The van der Waals surface area contributed by atoms with Crippen LogP contribution in [0.4, 0.5) is 0 Å². The van der Waals surface area contributed by atoms with Crippen LogP contribution in [0, 0.1) is 0 Å². The smallest absolute Gasteiger partial charge is 0.226 e. The van der Waals surface area contributed by atoms with Crippen LogP contribution in [0.5, 0.6) is 0 Å². The number of aromatic nitrogens is 3. The molecule has 0 fully saturated rings. The molecule has 1 amide bonds. The lowest BCUT2D eigenvalue weighted by atomic mass is 10.1. The second-order valence-electron chi connectivity index (χ2n) is 6.13. The van der Waals surface area contributed by atoms with Gasteiger partial charge in [-0.3, -0.25) is 4.79 Å². The molecule has 26 heavy (non-hydrogen) atoms. The molecule has 0 unspecified atom stereocenters. The number of fused-ring (bicyclic) bond motifs is 1. The van der Waals surface area contributed by atoms with Gasteiger partial charge in [-0.15, -0.1) is 0 Å². The number of hydrogen-bond donors (Lipinski definition) is 1. The Morgan fingerprint density at radius 3 is 2.69 bits per heavy atom. The Labute approximate surface area is 150 Å². The van der Waals surface area contributed by atoms with Crippen LogP contribution in [0.25, 0.3) is 11.0 Å². The Morgan fingerprint density at radius 2 is 1.88 bits per heavy atom. The van der Waals surface area contributed by atoms with Crippen molar-refractivity contribution in [2.24, 2.45) is 0 Å². The van der Waals surface area contributed by atoms with Crippen LogP contribution in [0.1, 0.15) is 16.8 Å². The van der Waals surface area contributed by atoms with E-state index in [1.54, 1.807) is 12.5 Å². The van der Waals surface area contributed by atoms with E-state index in [1.807, 2.05) is 47.2 Å². The van der Waals surface area contributed by atoms with Gasteiger partial charge in [-0.2, -0.15) is 0 Å². The fourth-order valence-corrected chi connectivity index (χ4v) is 2.83. The van der Waals surface area contributed by atoms with Crippen molar-refractivity contribution in [3.63, 3.8) is 0 Å². The minimum absolute atomic E-state index is 0.0773. The zero-order valence-corrected chi connectivity index (χ0v) is 14.1. The standard InChI is InChI=1S/C20H18N4O2/c25-20(11-18-17-3-1-2-4-19(17)26-23-18)22-12-15-5-7-16(8-6-15)13-24-10-9-21-14-24/h1-10,14H,11-13H2,(H,22,25). The quantitative estimate of drug-likeness (QED) is 0.583. The molecule has 0 saturated carbocycles. The number of benzene rings is 2. The maximum Gasteiger partial charge on any atom is 0.226 e. The van der Waals surface area contributed by atoms with Crippen molar-refractivity contribution in [1.82, 2.24) is 20.0 Å². The summed E-state index contributed by atoms with van der Waals surface area (Å²) in [4.78, 5) is 16.2. The summed E-state index contributed by atoms with van der Waals surface area (Å²) in [6.07, 6.45) is 5.70. The number of nitrogens with zero attached hydrogens (tertiary/aromatic N) is 3. The molecule has 2 heterocycles. The van der Waals surface area contributed by atoms with E-state index in [1.165, 1.54) is 5.56 Å². The molecular weight excluding hydrogens is 328 g/mol. The highest BCUT2D eigenvalue weighted by Crippen LogP contribution is 2.18. The maximum atomic E-state index is 12.2. The van der Waals surface area contributed by atoms with Gasteiger partial charge in [-0.05, 0) is 23.3 Å². The topological polar surface area (TPSA) is 73.0 Å². The number of nitrogens with one attached hydrogen (secondary N) is 1. The molecule has 0 saturated heterocycles. The average molecular weight is 346 g/mol. The van der Waals surface area contributed by atoms with Crippen molar-refractivity contribution in [1.29, 1.82) is 0 Å². The van der Waals surface area contributed by atoms with Gasteiger partial charge < -0.3 is 14.4 Å². The van der Waals surface area contributed by atoms with Gasteiger partial charge in [0.05, 0.1) is 12.7 Å². The summed E-state index contributed by atoms with van der Waals surface area (Å²) in [5, 5.41) is 7.81. The zero-order chi connectivity index (χ0) is 17.8. The lowest BCUT2D eigenvalue weighted by Gasteiger charge is -2.07. The van der Waals surface area contributed by atoms with Gasteiger partial charge >= 0.3 is 0 Å². The van der Waals surface area contributed by atoms with E-state index in [4.69, 9.17) is 4.52 Å². The third-order valence-electron chi connectivity index (χ3n) is 4.22. The Balaban J connectivity index is 1.32. The first-order valence-corrected chi connectivity index (χ1v) is 8.41. The van der Waals surface area contributed by atoms with Gasteiger partial charge in [0.2, 0.25) is 5.91 Å². The molecule has 6 heteroatoms. The van der Waals surface area contributed by atoms with Crippen LogP contribution < -0.4 is 5.32 Å². The van der Waals surface area contributed by atoms with Crippen LogP contribution in [0.15, 0.2) is 71.8 Å². The Hall–Kier alpha value is -3.41. The molecule has 0 radical (unpaired) electrons. The highest BCUT2D eigenvalue weighted by Gasteiger charge is 2.11. The monoisotopic (exact) mass is 346 g/mol. The molecule has 4 rings (SSSR count). The highest BCUT2D eigenvalue weighted by molar-refractivity contribution is 5.86. The molecule has 0 aliphatic heterocycles. The van der Waals surface area contributed by atoms with Gasteiger partial charge in [0, 0.05) is 30.9 Å². The van der Waals surface area contributed by atoms with Crippen molar-refractivity contribution < 1.29 is 9.32 Å². The van der Waals surface area contributed by atoms with E-state index in [0.717, 1.165) is 17.5 Å². The number of hydrogen-bond acceptors (Lipinski definition) is 4. The Kier molecular flexibility index (Phi) is 4.47. The Bertz CT molecular complexity index is 1000. The molecule has 130 valence electrons. The van der Waals surface area contributed by atoms with Gasteiger partial charge in [0.25, 0.3) is 0 Å². The van der Waals surface area contributed by atoms with Crippen molar-refractivity contribution in [2.45, 2.75) is 19.5 Å². The third-order valence-corrected chi connectivity index (χ3v) is 4.22. The van der Waals surface area contributed by atoms with Gasteiger partial charge in [-0.25, -0.2) is 4.98 Å². The van der Waals surface area contributed by atoms with Crippen LogP contribution in [-0.4, -0.2) is 20.6 Å². The van der Waals surface area contributed by atoms with E-state index in [9.17, 15) is 4.79 Å². The molecule has 0 bridgehead atoms. The fourth-order valence-electron chi connectivity index (χ4n) is 2.83. The molecule has 6 nitrogen and oxygen atoms in total. The molecule has 0 atom stereocenters. The van der Waals surface area contributed by atoms with Crippen molar-refractivity contribution >= 4 is 16.9 Å². The molecule has 0 aliphatic rings. The third kappa shape index (κ3) is 3.64. The first kappa shape index (κ1) is 16.1. The Morgan fingerprint density at radius 1 is 1.08 bits per heavy atom. The van der Waals surface area contributed by atoms with Crippen LogP contribution >= 0.6 is 0 Å². The number of amides is 1. The molecule has 4 aromatic rings. The summed E-state index contributed by atoms with van der Waals surface area (Å²) in [6.45, 7) is 1.27. The molecular formula is C20H18N4O2. The molecule has 0 aliphatic carbocycles. The summed E-state index contributed by atoms with van der Waals surface area (Å²) >= 11 is 0. The largest absolute Gasteiger partial charge is 0.356 e. The summed E-state index contributed by atoms with van der Waals surface area (Å²) in [7, 11) is 0. The van der Waals surface area contributed by atoms with E-state index in [2.05, 4.69) is 27.6 Å². The maximum absolute atomic E-state index is 12.2. The SMILES string of the molecule is O=C(Cc1noc2ccccc12)NCc1ccc(Cn2ccnc2)cc1. The van der Waals surface area contributed by atoms with E-state index in [0.29, 0.717) is 17.8 Å². The molecule has 2 aromatic carbocycles. The van der Waals surface area contributed by atoms with Gasteiger partial charge in [-0.1, -0.05) is 41.6 Å². The van der Waals surface area contributed by atoms with E-state index >= 15 is 0 Å². The van der Waals surface area contributed by atoms with Crippen molar-refractivity contribution in [2.75, 3.05) is 0 Å². The summed E-state index contributed by atoms with van der Waals surface area (Å²) in [5.41, 5.74) is 3.60. The number of carbonyl (C=O) groups is 1.